The largest absolute Gasteiger partial charge is 0.459 e. The Morgan fingerprint density at radius 3 is 2.79 bits per heavy atom. The predicted octanol–water partition coefficient (Wildman–Crippen LogP) is 4.49. The first kappa shape index (κ1) is 18.9. The van der Waals surface area contributed by atoms with Crippen LogP contribution in [0.15, 0.2) is 56.9 Å². The van der Waals surface area contributed by atoms with Gasteiger partial charge in [-0.3, -0.25) is 14.9 Å². The van der Waals surface area contributed by atoms with Gasteiger partial charge in [0.2, 0.25) is 5.91 Å². The van der Waals surface area contributed by atoms with Crippen LogP contribution in [0.5, 0.6) is 0 Å². The van der Waals surface area contributed by atoms with Crippen molar-refractivity contribution in [2.45, 2.75) is 31.2 Å². The molecule has 2 aromatic heterocycles. The van der Waals surface area contributed by atoms with Gasteiger partial charge in [-0.15, -0.1) is 11.3 Å². The van der Waals surface area contributed by atoms with Gasteiger partial charge in [0.25, 0.3) is 5.91 Å². The smallest absolute Gasteiger partial charge is 0.293 e. The van der Waals surface area contributed by atoms with Crippen molar-refractivity contribution in [3.05, 3.63) is 69.5 Å². The van der Waals surface area contributed by atoms with E-state index in [2.05, 4.69) is 43.7 Å². The van der Waals surface area contributed by atoms with Crippen molar-refractivity contribution in [2.75, 3.05) is 5.32 Å². The number of nitrogens with zero attached hydrogens (tertiary/aromatic N) is 1. The summed E-state index contributed by atoms with van der Waals surface area (Å²) >= 11 is 4.78. The lowest BCUT2D eigenvalue weighted by molar-refractivity contribution is -0.123. The Morgan fingerprint density at radius 1 is 1.25 bits per heavy atom. The number of thiazole rings is 1. The number of carbonyl (C=O) groups excluding carboxylic acids is 2. The van der Waals surface area contributed by atoms with E-state index in [-0.39, 0.29) is 29.5 Å². The van der Waals surface area contributed by atoms with E-state index in [0.717, 1.165) is 29.3 Å². The molecule has 0 bridgehead atoms. The zero-order valence-corrected chi connectivity index (χ0v) is 17.3. The number of hydrogen-bond acceptors (Lipinski definition) is 5. The SMILES string of the molecule is O=C(Cc1csc(NC(=O)c2ccco2)n1)NC1(c2cccc(Br)c2)CCC1. The van der Waals surface area contributed by atoms with Crippen LogP contribution in [0, 0.1) is 0 Å². The summed E-state index contributed by atoms with van der Waals surface area (Å²) in [5.41, 5.74) is 1.44. The number of anilines is 1. The van der Waals surface area contributed by atoms with E-state index in [9.17, 15) is 9.59 Å². The van der Waals surface area contributed by atoms with Crippen molar-refractivity contribution in [2.24, 2.45) is 0 Å². The van der Waals surface area contributed by atoms with Crippen LogP contribution in [0.2, 0.25) is 0 Å². The minimum atomic E-state index is -0.363. The highest BCUT2D eigenvalue weighted by molar-refractivity contribution is 9.10. The fourth-order valence-electron chi connectivity index (χ4n) is 3.29. The Hall–Kier alpha value is -2.45. The molecule has 0 unspecified atom stereocenters. The Labute approximate surface area is 174 Å². The second-order valence-corrected chi connectivity index (χ2v) is 8.52. The van der Waals surface area contributed by atoms with Gasteiger partial charge in [-0.05, 0) is 49.1 Å². The van der Waals surface area contributed by atoms with Crippen molar-refractivity contribution < 1.29 is 14.0 Å². The highest BCUT2D eigenvalue weighted by atomic mass is 79.9. The second-order valence-electron chi connectivity index (χ2n) is 6.75. The summed E-state index contributed by atoms with van der Waals surface area (Å²) in [7, 11) is 0. The molecule has 0 saturated heterocycles. The van der Waals surface area contributed by atoms with Crippen molar-refractivity contribution in [1.82, 2.24) is 10.3 Å². The van der Waals surface area contributed by atoms with Gasteiger partial charge in [0.15, 0.2) is 10.9 Å². The van der Waals surface area contributed by atoms with Crippen LogP contribution in [-0.4, -0.2) is 16.8 Å². The van der Waals surface area contributed by atoms with Gasteiger partial charge in [-0.1, -0.05) is 28.1 Å². The van der Waals surface area contributed by atoms with Gasteiger partial charge >= 0.3 is 0 Å². The van der Waals surface area contributed by atoms with Gasteiger partial charge < -0.3 is 9.73 Å². The van der Waals surface area contributed by atoms with E-state index < -0.39 is 0 Å². The Kier molecular flexibility index (Phi) is 5.32. The molecule has 1 saturated carbocycles. The number of aromatic nitrogens is 1. The summed E-state index contributed by atoms with van der Waals surface area (Å²) in [4.78, 5) is 29.0. The quantitative estimate of drug-likeness (QED) is 0.568. The number of furan rings is 1. The lowest BCUT2D eigenvalue weighted by Gasteiger charge is -2.43. The Morgan fingerprint density at radius 2 is 2.11 bits per heavy atom. The molecule has 0 atom stereocenters. The zero-order valence-electron chi connectivity index (χ0n) is 14.9. The molecule has 2 heterocycles. The number of carbonyl (C=O) groups is 2. The summed E-state index contributed by atoms with van der Waals surface area (Å²) in [5.74, 6) is -0.220. The van der Waals surface area contributed by atoms with E-state index in [4.69, 9.17) is 4.42 Å². The molecule has 144 valence electrons. The molecule has 2 N–H and O–H groups in total. The number of hydrogen-bond donors (Lipinski definition) is 2. The van der Waals surface area contributed by atoms with Crippen LogP contribution in [0.25, 0.3) is 0 Å². The molecular formula is C20H18BrN3O3S. The number of rotatable bonds is 6. The zero-order chi connectivity index (χ0) is 19.6. The molecule has 2 amide bonds. The van der Waals surface area contributed by atoms with E-state index in [1.165, 1.54) is 17.6 Å². The molecule has 4 rings (SSSR count). The van der Waals surface area contributed by atoms with Crippen LogP contribution in [-0.2, 0) is 16.8 Å². The highest BCUT2D eigenvalue weighted by Gasteiger charge is 2.40. The molecule has 8 heteroatoms. The van der Waals surface area contributed by atoms with Crippen LogP contribution >= 0.6 is 27.3 Å². The molecule has 0 aliphatic heterocycles. The molecule has 1 aromatic carbocycles. The van der Waals surface area contributed by atoms with Gasteiger partial charge in [0, 0.05) is 9.85 Å². The van der Waals surface area contributed by atoms with Crippen molar-refractivity contribution in [3.8, 4) is 0 Å². The average molecular weight is 460 g/mol. The van der Waals surface area contributed by atoms with Crippen molar-refractivity contribution in [1.29, 1.82) is 0 Å². The molecule has 1 fully saturated rings. The summed E-state index contributed by atoms with van der Waals surface area (Å²) in [5, 5.41) is 8.10. The van der Waals surface area contributed by atoms with Gasteiger partial charge in [-0.25, -0.2) is 4.98 Å². The first-order valence-corrected chi connectivity index (χ1v) is 10.6. The third kappa shape index (κ3) is 4.02. The van der Waals surface area contributed by atoms with E-state index in [1.54, 1.807) is 17.5 Å². The summed E-state index contributed by atoms with van der Waals surface area (Å²) in [6, 6.07) is 11.3. The third-order valence-electron chi connectivity index (χ3n) is 4.82. The fourth-order valence-corrected chi connectivity index (χ4v) is 4.39. The number of halogens is 1. The lowest BCUT2D eigenvalue weighted by atomic mass is 9.71. The van der Waals surface area contributed by atoms with Crippen molar-refractivity contribution >= 4 is 44.2 Å². The van der Waals surface area contributed by atoms with E-state index >= 15 is 0 Å². The first-order chi connectivity index (χ1) is 13.5. The molecule has 1 aliphatic rings. The molecular weight excluding hydrogens is 442 g/mol. The minimum Gasteiger partial charge on any atom is -0.459 e. The average Bonchev–Trinajstić information content (AvgIpc) is 3.30. The maximum Gasteiger partial charge on any atom is 0.293 e. The Bertz CT molecular complexity index is 996. The predicted molar refractivity (Wildman–Crippen MR) is 110 cm³/mol. The number of benzene rings is 1. The third-order valence-corrected chi connectivity index (χ3v) is 6.12. The van der Waals surface area contributed by atoms with Gasteiger partial charge in [-0.2, -0.15) is 0 Å². The summed E-state index contributed by atoms with van der Waals surface area (Å²) in [6.07, 6.45) is 4.55. The maximum absolute atomic E-state index is 12.6. The molecule has 6 nitrogen and oxygen atoms in total. The molecule has 0 spiro atoms. The summed E-state index contributed by atoms with van der Waals surface area (Å²) in [6.45, 7) is 0. The number of nitrogens with one attached hydrogen (secondary N) is 2. The standard InChI is InChI=1S/C20H18BrN3O3S/c21-14-5-1-4-13(10-14)20(7-3-8-20)24-17(25)11-15-12-28-19(22-15)23-18(26)16-6-2-9-27-16/h1-2,4-6,9-10,12H,3,7-8,11H2,(H,24,25)(H,22,23,26). The maximum atomic E-state index is 12.6. The van der Waals surface area contributed by atoms with Crippen LogP contribution < -0.4 is 10.6 Å². The van der Waals surface area contributed by atoms with Crippen LogP contribution in [0.3, 0.4) is 0 Å². The monoisotopic (exact) mass is 459 g/mol. The lowest BCUT2D eigenvalue weighted by Crippen LogP contribution is -2.51. The molecule has 3 aromatic rings. The topological polar surface area (TPSA) is 84.2 Å². The molecule has 28 heavy (non-hydrogen) atoms. The second kappa shape index (κ2) is 7.89. The molecule has 1 aliphatic carbocycles. The van der Waals surface area contributed by atoms with Gasteiger partial charge in [0.05, 0.1) is 23.9 Å². The van der Waals surface area contributed by atoms with Gasteiger partial charge in [0.1, 0.15) is 0 Å². The number of amides is 2. The van der Waals surface area contributed by atoms with Crippen LogP contribution in [0.4, 0.5) is 5.13 Å². The first-order valence-electron chi connectivity index (χ1n) is 8.90. The molecule has 0 radical (unpaired) electrons. The van der Waals surface area contributed by atoms with Crippen LogP contribution in [0.1, 0.15) is 41.1 Å². The summed E-state index contributed by atoms with van der Waals surface area (Å²) < 4.78 is 6.06. The normalized spacial score (nSPS) is 14.9. The van der Waals surface area contributed by atoms with E-state index in [1.807, 2.05) is 12.1 Å². The van der Waals surface area contributed by atoms with Crippen molar-refractivity contribution in [3.63, 3.8) is 0 Å². The minimum absolute atomic E-state index is 0.0751. The Balaban J connectivity index is 1.39. The fraction of sp³-hybridized carbons (Fsp3) is 0.250. The van der Waals surface area contributed by atoms with E-state index in [0.29, 0.717) is 10.8 Å². The highest BCUT2D eigenvalue weighted by Crippen LogP contribution is 2.42.